The number of benzene rings is 3. The molecule has 2 unspecified atom stereocenters. The maximum Gasteiger partial charge on any atom is 0.260 e. The number of hydrogen-bond acceptors (Lipinski definition) is 6. The number of epoxide rings is 1. The van der Waals surface area contributed by atoms with Crippen LogP contribution in [0.4, 0.5) is 21.7 Å². The zero-order valence-electron chi connectivity index (χ0n) is 20.6. The number of aromatic nitrogens is 2. The number of aryl methyl sites for hydroxylation is 2. The van der Waals surface area contributed by atoms with Gasteiger partial charge in [-0.2, -0.15) is 9.37 Å². The lowest BCUT2D eigenvalue weighted by Gasteiger charge is -2.10. The van der Waals surface area contributed by atoms with Crippen molar-refractivity contribution in [3.8, 4) is 11.6 Å². The molecule has 2 N–H and O–H groups in total. The Morgan fingerprint density at radius 2 is 1.84 bits per heavy atom. The zero-order chi connectivity index (χ0) is 25.8. The molecule has 1 fully saturated rings. The summed E-state index contributed by atoms with van der Waals surface area (Å²) in [6.45, 7) is 7.91. The van der Waals surface area contributed by atoms with Crippen molar-refractivity contribution in [2.75, 3.05) is 10.6 Å². The van der Waals surface area contributed by atoms with Gasteiger partial charge in [0, 0.05) is 17.4 Å². The zero-order valence-corrected chi connectivity index (χ0v) is 20.6. The fourth-order valence-electron chi connectivity index (χ4n) is 3.83. The molecule has 7 heteroatoms. The van der Waals surface area contributed by atoms with Gasteiger partial charge in [-0.3, -0.25) is 0 Å². The number of rotatable bonds is 9. The molecular formula is C30H27FN4O2. The van der Waals surface area contributed by atoms with Crippen molar-refractivity contribution in [1.29, 1.82) is 0 Å². The van der Waals surface area contributed by atoms with Crippen molar-refractivity contribution in [2.45, 2.75) is 26.2 Å². The summed E-state index contributed by atoms with van der Waals surface area (Å²) in [5, 5.41) is 6.31. The van der Waals surface area contributed by atoms with Gasteiger partial charge >= 0.3 is 0 Å². The van der Waals surface area contributed by atoms with E-state index in [0.29, 0.717) is 5.75 Å². The fourth-order valence-corrected chi connectivity index (χ4v) is 3.83. The second-order valence-corrected chi connectivity index (χ2v) is 8.82. The van der Waals surface area contributed by atoms with Gasteiger partial charge in [-0.15, -0.1) is 6.58 Å². The first kappa shape index (κ1) is 24.2. The topological polar surface area (TPSA) is 71.6 Å². The molecule has 0 saturated carbocycles. The van der Waals surface area contributed by atoms with Crippen LogP contribution in [0.3, 0.4) is 0 Å². The van der Waals surface area contributed by atoms with Crippen LogP contribution in [0.1, 0.15) is 22.3 Å². The highest BCUT2D eigenvalue weighted by Crippen LogP contribution is 2.29. The number of halogens is 1. The summed E-state index contributed by atoms with van der Waals surface area (Å²) in [4.78, 5) is 8.26. The molecule has 0 bridgehead atoms. The first-order valence-corrected chi connectivity index (χ1v) is 11.9. The highest BCUT2D eigenvalue weighted by atomic mass is 19.1. The van der Waals surface area contributed by atoms with Crippen molar-refractivity contribution in [3.63, 3.8) is 0 Å². The number of nitrogens with one attached hydrogen (secondary N) is 2. The molecule has 1 aromatic heterocycles. The van der Waals surface area contributed by atoms with E-state index in [-0.39, 0.29) is 24.2 Å². The Labute approximate surface area is 215 Å². The first-order chi connectivity index (χ1) is 18.0. The fraction of sp³-hybridized carbons (Fsp3) is 0.133. The van der Waals surface area contributed by atoms with Crippen molar-refractivity contribution in [1.82, 2.24) is 9.97 Å². The molecule has 1 saturated heterocycles. The monoisotopic (exact) mass is 494 g/mol. The van der Waals surface area contributed by atoms with Crippen LogP contribution in [0.2, 0.25) is 0 Å². The third-order valence-electron chi connectivity index (χ3n) is 5.87. The average Bonchev–Trinajstić information content (AvgIpc) is 3.64. The summed E-state index contributed by atoms with van der Waals surface area (Å²) < 4.78 is 25.5. The standard InChI is InChI=1S/C30H27FN4O2/c1-4-27-29(37-27)33-24-6-5-7-25(17-24)36-28-26(31)18-32-30(35-28)34-23-14-10-21(11-15-23)9-13-22-12-8-19(2)16-20(22)3/h4-18,27,29,33H,1H2,2-3H3,(H,32,34,35)/b13-9+. The summed E-state index contributed by atoms with van der Waals surface area (Å²) in [5.74, 6) is -0.170. The third-order valence-corrected chi connectivity index (χ3v) is 5.87. The largest absolute Gasteiger partial charge is 0.436 e. The van der Waals surface area contributed by atoms with Gasteiger partial charge in [0.1, 0.15) is 11.9 Å². The molecule has 186 valence electrons. The van der Waals surface area contributed by atoms with E-state index in [2.05, 4.69) is 71.4 Å². The summed E-state index contributed by atoms with van der Waals surface area (Å²) >= 11 is 0. The number of hydrogen-bond donors (Lipinski definition) is 2. The number of nitrogens with zero attached hydrogens (tertiary/aromatic N) is 2. The lowest BCUT2D eigenvalue weighted by Crippen LogP contribution is -2.05. The molecule has 0 spiro atoms. The van der Waals surface area contributed by atoms with E-state index in [0.717, 1.165) is 23.1 Å². The van der Waals surface area contributed by atoms with Gasteiger partial charge in [-0.05, 0) is 54.8 Å². The molecule has 0 aliphatic carbocycles. The van der Waals surface area contributed by atoms with Gasteiger partial charge in [0.2, 0.25) is 11.8 Å². The van der Waals surface area contributed by atoms with Crippen molar-refractivity contribution < 1.29 is 13.9 Å². The highest BCUT2D eigenvalue weighted by molar-refractivity contribution is 5.72. The molecule has 3 aromatic carbocycles. The van der Waals surface area contributed by atoms with Gasteiger partial charge in [0.05, 0.1) is 6.20 Å². The van der Waals surface area contributed by atoms with Gasteiger partial charge in [-0.25, -0.2) is 4.98 Å². The van der Waals surface area contributed by atoms with Crippen LogP contribution >= 0.6 is 0 Å². The van der Waals surface area contributed by atoms with E-state index in [1.54, 1.807) is 24.3 Å². The van der Waals surface area contributed by atoms with Crippen LogP contribution in [0.25, 0.3) is 12.2 Å². The minimum absolute atomic E-state index is 0.0139. The van der Waals surface area contributed by atoms with E-state index in [1.165, 1.54) is 16.7 Å². The minimum Gasteiger partial charge on any atom is -0.436 e. The molecule has 5 rings (SSSR count). The number of ether oxygens (including phenoxy) is 2. The lowest BCUT2D eigenvalue weighted by atomic mass is 10.0. The molecule has 4 aromatic rings. The van der Waals surface area contributed by atoms with Crippen LogP contribution in [-0.4, -0.2) is 22.3 Å². The highest BCUT2D eigenvalue weighted by Gasteiger charge is 2.35. The Morgan fingerprint density at radius 3 is 2.59 bits per heavy atom. The smallest absolute Gasteiger partial charge is 0.260 e. The van der Waals surface area contributed by atoms with Crippen LogP contribution in [0.5, 0.6) is 11.6 Å². The predicted molar refractivity (Wildman–Crippen MR) is 146 cm³/mol. The predicted octanol–water partition coefficient (Wildman–Crippen LogP) is 7.26. The quantitative estimate of drug-likeness (QED) is 0.145. The maximum atomic E-state index is 14.4. The lowest BCUT2D eigenvalue weighted by molar-refractivity contribution is 0.404. The van der Waals surface area contributed by atoms with Crippen LogP contribution in [0, 0.1) is 19.7 Å². The van der Waals surface area contributed by atoms with E-state index in [4.69, 9.17) is 9.47 Å². The van der Waals surface area contributed by atoms with E-state index in [9.17, 15) is 4.39 Å². The Hall–Kier alpha value is -4.49. The molecule has 2 atom stereocenters. The molecule has 1 aliphatic rings. The third kappa shape index (κ3) is 6.20. The van der Waals surface area contributed by atoms with Crippen molar-refractivity contribution in [3.05, 3.63) is 114 Å². The molecule has 2 heterocycles. The summed E-state index contributed by atoms with van der Waals surface area (Å²) in [6.07, 6.45) is 6.86. The van der Waals surface area contributed by atoms with Crippen LogP contribution in [0.15, 0.2) is 85.6 Å². The summed E-state index contributed by atoms with van der Waals surface area (Å²) in [7, 11) is 0. The average molecular weight is 495 g/mol. The van der Waals surface area contributed by atoms with Gasteiger partial charge in [0.15, 0.2) is 6.23 Å². The number of anilines is 3. The van der Waals surface area contributed by atoms with Crippen molar-refractivity contribution >= 4 is 29.5 Å². The molecular weight excluding hydrogens is 467 g/mol. The molecule has 37 heavy (non-hydrogen) atoms. The van der Waals surface area contributed by atoms with Gasteiger partial charge in [0.25, 0.3) is 5.88 Å². The first-order valence-electron chi connectivity index (χ1n) is 11.9. The van der Waals surface area contributed by atoms with Gasteiger partial charge in [-0.1, -0.05) is 60.2 Å². The van der Waals surface area contributed by atoms with Crippen LogP contribution in [-0.2, 0) is 4.74 Å². The summed E-state index contributed by atoms with van der Waals surface area (Å²) in [6, 6.07) is 21.4. The second-order valence-electron chi connectivity index (χ2n) is 8.82. The normalized spacial score (nSPS) is 16.4. The molecule has 6 nitrogen and oxygen atoms in total. The SMILES string of the molecule is C=CC1OC1Nc1cccc(Oc2nc(Nc3ccc(/C=C/c4ccc(C)cc4C)cc3)ncc2F)c1. The Bertz CT molecular complexity index is 1450. The van der Waals surface area contributed by atoms with E-state index in [1.807, 2.05) is 30.3 Å². The Morgan fingerprint density at radius 1 is 1.00 bits per heavy atom. The van der Waals surface area contributed by atoms with Crippen molar-refractivity contribution in [2.24, 2.45) is 0 Å². The minimum atomic E-state index is -0.659. The maximum absolute atomic E-state index is 14.4. The molecule has 1 aliphatic heterocycles. The van der Waals surface area contributed by atoms with Gasteiger partial charge < -0.3 is 20.1 Å². The summed E-state index contributed by atoms with van der Waals surface area (Å²) in [5.41, 5.74) is 6.28. The Balaban J connectivity index is 1.24. The second kappa shape index (κ2) is 10.6. The molecule has 0 radical (unpaired) electrons. The van der Waals surface area contributed by atoms with E-state index < -0.39 is 5.82 Å². The molecule has 0 amide bonds. The van der Waals surface area contributed by atoms with E-state index >= 15 is 0 Å². The van der Waals surface area contributed by atoms with Crippen LogP contribution < -0.4 is 15.4 Å². The Kier molecular flexibility index (Phi) is 6.96.